The topological polar surface area (TPSA) is 51.5 Å². The van der Waals surface area contributed by atoms with Gasteiger partial charge in [-0.3, -0.25) is 4.79 Å². The van der Waals surface area contributed by atoms with Gasteiger partial charge in [0.1, 0.15) is 6.23 Å². The number of hydrogen-bond donors (Lipinski definition) is 1. The fourth-order valence-electron chi connectivity index (χ4n) is 2.81. The van der Waals surface area contributed by atoms with E-state index in [2.05, 4.69) is 0 Å². The van der Waals surface area contributed by atoms with Crippen LogP contribution in [-0.2, 0) is 22.4 Å². The van der Waals surface area contributed by atoms with Crippen LogP contribution in [0.5, 0.6) is 0 Å². The minimum absolute atomic E-state index is 0.240. The number of aromatic nitrogens is 1. The number of rotatable bonds is 2. The van der Waals surface area contributed by atoms with Gasteiger partial charge < -0.3 is 14.4 Å². The first-order valence-corrected chi connectivity index (χ1v) is 6.08. The van der Waals surface area contributed by atoms with E-state index in [-0.39, 0.29) is 12.4 Å². The molecular formula is C14H15NO3. The minimum Gasteiger partial charge on any atom is -0.469 e. The number of nitrogens with zero attached hydrogens (tertiary/aromatic N) is 1. The maximum Gasteiger partial charge on any atom is 0.310 e. The van der Waals surface area contributed by atoms with Gasteiger partial charge in [-0.15, -0.1) is 0 Å². The van der Waals surface area contributed by atoms with Crippen LogP contribution < -0.4 is 0 Å². The third kappa shape index (κ3) is 1.53. The molecule has 0 radical (unpaired) electrons. The molecule has 1 aromatic heterocycles. The Balaban J connectivity index is 2.21. The Kier molecular flexibility index (Phi) is 2.59. The van der Waals surface area contributed by atoms with Gasteiger partial charge in [0.05, 0.1) is 19.0 Å². The Morgan fingerprint density at radius 2 is 2.28 bits per heavy atom. The predicted octanol–water partition coefficient (Wildman–Crippen LogP) is 1.79. The lowest BCUT2D eigenvalue weighted by atomic mass is 10.1. The molecule has 0 amide bonds. The quantitative estimate of drug-likeness (QED) is 0.821. The Hall–Kier alpha value is -1.81. The van der Waals surface area contributed by atoms with Crippen molar-refractivity contribution in [3.63, 3.8) is 0 Å². The monoisotopic (exact) mass is 245 g/mol. The second kappa shape index (κ2) is 4.14. The maximum atomic E-state index is 11.5. The summed E-state index contributed by atoms with van der Waals surface area (Å²) in [5, 5.41) is 11.1. The average Bonchev–Trinajstić information content (AvgIpc) is 2.90. The van der Waals surface area contributed by atoms with Crippen LogP contribution in [0.1, 0.15) is 23.9 Å². The summed E-state index contributed by atoms with van der Waals surface area (Å²) in [5.74, 6) is -0.240. The van der Waals surface area contributed by atoms with E-state index in [1.165, 1.54) is 7.11 Å². The Morgan fingerprint density at radius 1 is 1.50 bits per heavy atom. The number of carbonyl (C=O) groups excluding carboxylic acids is 1. The summed E-state index contributed by atoms with van der Waals surface area (Å²) in [6.45, 7) is 0. The average molecular weight is 245 g/mol. The number of carbonyl (C=O) groups is 1. The molecule has 4 nitrogen and oxygen atoms in total. The van der Waals surface area contributed by atoms with Crippen molar-refractivity contribution in [2.75, 3.05) is 7.11 Å². The summed E-state index contributed by atoms with van der Waals surface area (Å²) in [4.78, 5) is 11.5. The molecule has 1 aromatic carbocycles. The van der Waals surface area contributed by atoms with Crippen LogP contribution in [-0.4, -0.2) is 22.8 Å². The number of aliphatic hydroxyl groups excluding tert-OH is 1. The number of aliphatic hydroxyl groups is 1. The van der Waals surface area contributed by atoms with Crippen molar-refractivity contribution >= 4 is 16.9 Å². The molecule has 3 rings (SSSR count). The second-order valence-electron chi connectivity index (χ2n) is 4.58. The Bertz CT molecular complexity index is 615. The number of benzene rings is 1. The zero-order valence-corrected chi connectivity index (χ0v) is 10.2. The molecule has 0 fully saturated rings. The van der Waals surface area contributed by atoms with E-state index in [1.807, 2.05) is 28.8 Å². The summed E-state index contributed by atoms with van der Waals surface area (Å²) in [7, 11) is 1.40. The van der Waals surface area contributed by atoms with Crippen LogP contribution in [0, 0.1) is 0 Å². The molecule has 2 heterocycles. The van der Waals surface area contributed by atoms with Gasteiger partial charge in [-0.05, 0) is 24.5 Å². The highest BCUT2D eigenvalue weighted by molar-refractivity contribution is 5.89. The summed E-state index contributed by atoms with van der Waals surface area (Å²) in [6.07, 6.45) is 1.32. The van der Waals surface area contributed by atoms with E-state index >= 15 is 0 Å². The zero-order valence-electron chi connectivity index (χ0n) is 10.2. The fourth-order valence-corrected chi connectivity index (χ4v) is 2.81. The lowest BCUT2D eigenvalue weighted by Gasteiger charge is -2.06. The molecular weight excluding hydrogens is 230 g/mol. The van der Waals surface area contributed by atoms with Gasteiger partial charge in [0.2, 0.25) is 0 Å². The van der Waals surface area contributed by atoms with Crippen LogP contribution in [0.4, 0.5) is 0 Å². The minimum atomic E-state index is -0.476. The molecule has 18 heavy (non-hydrogen) atoms. The first kappa shape index (κ1) is 11.3. The van der Waals surface area contributed by atoms with E-state index in [0.29, 0.717) is 6.42 Å². The van der Waals surface area contributed by atoms with Crippen molar-refractivity contribution in [1.82, 2.24) is 4.57 Å². The number of hydrogen-bond acceptors (Lipinski definition) is 3. The predicted molar refractivity (Wildman–Crippen MR) is 67.2 cm³/mol. The van der Waals surface area contributed by atoms with Gasteiger partial charge >= 0.3 is 5.97 Å². The molecule has 0 bridgehead atoms. The lowest BCUT2D eigenvalue weighted by molar-refractivity contribution is -0.139. The first-order valence-electron chi connectivity index (χ1n) is 6.08. The molecule has 1 atom stereocenters. The molecule has 1 N–H and O–H groups in total. The van der Waals surface area contributed by atoms with Crippen LogP contribution in [0.25, 0.3) is 10.9 Å². The van der Waals surface area contributed by atoms with Gasteiger partial charge in [0.15, 0.2) is 0 Å². The summed E-state index contributed by atoms with van der Waals surface area (Å²) < 4.78 is 6.69. The zero-order chi connectivity index (χ0) is 12.7. The molecule has 1 aliphatic rings. The number of ether oxygens (including phenoxy) is 1. The first-order chi connectivity index (χ1) is 8.72. The van der Waals surface area contributed by atoms with E-state index in [4.69, 9.17) is 4.74 Å². The Labute approximate surface area is 105 Å². The van der Waals surface area contributed by atoms with Crippen molar-refractivity contribution in [3.8, 4) is 0 Å². The van der Waals surface area contributed by atoms with E-state index in [0.717, 1.165) is 28.6 Å². The van der Waals surface area contributed by atoms with Crippen LogP contribution >= 0.6 is 0 Å². The normalized spacial score (nSPS) is 18.0. The summed E-state index contributed by atoms with van der Waals surface area (Å²) >= 11 is 0. The number of methoxy groups -OCH3 is 1. The standard InChI is InChI=1S/C14H15NO3/c1-18-14(17)8-10-9-4-2-3-5-11(9)15-12(10)6-7-13(15)16/h2-5,13,16H,6-8H2,1H3. The van der Waals surface area contributed by atoms with Crippen LogP contribution in [0.15, 0.2) is 24.3 Å². The van der Waals surface area contributed by atoms with Gasteiger partial charge in [0, 0.05) is 11.1 Å². The van der Waals surface area contributed by atoms with Crippen molar-refractivity contribution < 1.29 is 14.6 Å². The molecule has 94 valence electrons. The smallest absolute Gasteiger partial charge is 0.310 e. The number of esters is 1. The van der Waals surface area contributed by atoms with Gasteiger partial charge in [-0.1, -0.05) is 18.2 Å². The summed E-state index contributed by atoms with van der Waals surface area (Å²) in [5.41, 5.74) is 3.06. The van der Waals surface area contributed by atoms with Crippen LogP contribution in [0.3, 0.4) is 0 Å². The SMILES string of the molecule is COC(=O)Cc1c2n(c3ccccc13)C(O)CC2. The number of para-hydroxylation sites is 1. The highest BCUT2D eigenvalue weighted by atomic mass is 16.5. The van der Waals surface area contributed by atoms with Crippen LogP contribution in [0.2, 0.25) is 0 Å². The lowest BCUT2D eigenvalue weighted by Crippen LogP contribution is -2.06. The van der Waals surface area contributed by atoms with Crippen molar-refractivity contribution in [2.24, 2.45) is 0 Å². The van der Waals surface area contributed by atoms with E-state index < -0.39 is 6.23 Å². The van der Waals surface area contributed by atoms with Crippen molar-refractivity contribution in [3.05, 3.63) is 35.5 Å². The fraction of sp³-hybridized carbons (Fsp3) is 0.357. The second-order valence-corrected chi connectivity index (χ2v) is 4.58. The maximum absolute atomic E-state index is 11.5. The van der Waals surface area contributed by atoms with Gasteiger partial charge in [-0.25, -0.2) is 0 Å². The van der Waals surface area contributed by atoms with E-state index in [9.17, 15) is 9.90 Å². The molecule has 2 aromatic rings. The highest BCUT2D eigenvalue weighted by Gasteiger charge is 2.27. The molecule has 1 unspecified atom stereocenters. The molecule has 0 aliphatic carbocycles. The van der Waals surface area contributed by atoms with Gasteiger partial charge in [-0.2, -0.15) is 0 Å². The molecule has 0 spiro atoms. The number of fused-ring (bicyclic) bond motifs is 3. The molecule has 0 saturated carbocycles. The van der Waals surface area contributed by atoms with E-state index in [1.54, 1.807) is 0 Å². The third-order valence-corrected chi connectivity index (χ3v) is 3.61. The molecule has 4 heteroatoms. The Morgan fingerprint density at radius 3 is 3.06 bits per heavy atom. The van der Waals surface area contributed by atoms with Gasteiger partial charge in [0.25, 0.3) is 0 Å². The molecule has 1 aliphatic heterocycles. The third-order valence-electron chi connectivity index (χ3n) is 3.61. The van der Waals surface area contributed by atoms with Crippen molar-refractivity contribution in [1.29, 1.82) is 0 Å². The molecule has 0 saturated heterocycles. The highest BCUT2D eigenvalue weighted by Crippen LogP contribution is 2.36. The largest absolute Gasteiger partial charge is 0.469 e. The summed E-state index contributed by atoms with van der Waals surface area (Å²) in [6, 6.07) is 7.87. The van der Waals surface area contributed by atoms with Crippen molar-refractivity contribution in [2.45, 2.75) is 25.5 Å².